The lowest BCUT2D eigenvalue weighted by molar-refractivity contribution is -0.385. The fraction of sp³-hybridized carbons (Fsp3) is 0.0769. The maximum absolute atomic E-state index is 10.5. The number of nitrogens with zero attached hydrogens (tertiary/aromatic N) is 3. The Balaban J connectivity index is 2.09. The van der Waals surface area contributed by atoms with E-state index in [2.05, 4.69) is 15.3 Å². The van der Waals surface area contributed by atoms with Gasteiger partial charge in [0.2, 0.25) is 0 Å². The number of aliphatic imine (C=N–C) groups is 1. The lowest BCUT2D eigenvalue weighted by atomic mass is 10.2. The van der Waals surface area contributed by atoms with Crippen LogP contribution in [-0.2, 0) is 0 Å². The van der Waals surface area contributed by atoms with Gasteiger partial charge in [0.05, 0.1) is 4.92 Å². The fourth-order valence-electron chi connectivity index (χ4n) is 1.49. The van der Waals surface area contributed by atoms with Crippen molar-refractivity contribution in [1.29, 1.82) is 0 Å². The molecule has 0 aliphatic rings. The molecule has 7 heteroatoms. The van der Waals surface area contributed by atoms with Gasteiger partial charge in [-0.3, -0.25) is 10.1 Å². The van der Waals surface area contributed by atoms with Gasteiger partial charge in [0.1, 0.15) is 6.20 Å². The summed E-state index contributed by atoms with van der Waals surface area (Å²) in [6.45, 7) is 1.99. The number of aryl methyl sites for hydroxylation is 1. The Labute approximate surface area is 115 Å². The Hall–Kier alpha value is -2.96. The van der Waals surface area contributed by atoms with Crippen molar-refractivity contribution < 1.29 is 4.92 Å². The van der Waals surface area contributed by atoms with Crippen molar-refractivity contribution in [1.82, 2.24) is 4.98 Å². The quantitative estimate of drug-likeness (QED) is 0.385. The third kappa shape index (κ3) is 3.52. The molecule has 0 aliphatic carbocycles. The van der Waals surface area contributed by atoms with Gasteiger partial charge in [0, 0.05) is 11.8 Å². The smallest absolute Gasteiger partial charge is 0.287 e. The second-order valence-electron chi connectivity index (χ2n) is 4.12. The third-order valence-electron chi connectivity index (χ3n) is 2.50. The molecule has 7 nitrogen and oxygen atoms in total. The molecule has 0 amide bonds. The summed E-state index contributed by atoms with van der Waals surface area (Å²) in [5, 5.41) is 13.4. The summed E-state index contributed by atoms with van der Waals surface area (Å²) in [5.41, 5.74) is 7.60. The highest BCUT2D eigenvalue weighted by molar-refractivity contribution is 5.93. The summed E-state index contributed by atoms with van der Waals surface area (Å²) in [4.78, 5) is 17.8. The summed E-state index contributed by atoms with van der Waals surface area (Å²) in [6, 6.07) is 10.4. The largest absolute Gasteiger partial charge is 0.369 e. The zero-order valence-electron chi connectivity index (χ0n) is 10.8. The standard InChI is InChI=1S/C13H13N5O2/c1-9-2-4-10(5-3-9)16-13(14)17-12-7-6-11(8-15-12)18(19)20/h2-8H,1H3,(H3,14,15,16,17). The second kappa shape index (κ2) is 5.79. The van der Waals surface area contributed by atoms with Crippen molar-refractivity contribution in [3.8, 4) is 0 Å². The van der Waals surface area contributed by atoms with Crippen molar-refractivity contribution in [2.24, 2.45) is 10.7 Å². The highest BCUT2D eigenvalue weighted by Gasteiger charge is 2.05. The summed E-state index contributed by atoms with van der Waals surface area (Å²) in [7, 11) is 0. The number of hydrogen-bond donors (Lipinski definition) is 2. The van der Waals surface area contributed by atoms with Crippen molar-refractivity contribution in [3.63, 3.8) is 0 Å². The van der Waals surface area contributed by atoms with Crippen molar-refractivity contribution in [2.45, 2.75) is 6.92 Å². The predicted octanol–water partition coefficient (Wildman–Crippen LogP) is 2.36. The van der Waals surface area contributed by atoms with E-state index in [-0.39, 0.29) is 11.6 Å². The molecule has 0 radical (unpaired) electrons. The maximum Gasteiger partial charge on any atom is 0.287 e. The molecule has 20 heavy (non-hydrogen) atoms. The van der Waals surface area contributed by atoms with E-state index < -0.39 is 4.92 Å². The van der Waals surface area contributed by atoms with E-state index in [0.29, 0.717) is 5.82 Å². The molecular formula is C13H13N5O2. The number of nitro groups is 1. The van der Waals surface area contributed by atoms with Crippen LogP contribution in [0.2, 0.25) is 0 Å². The Kier molecular flexibility index (Phi) is 3.90. The normalized spacial score (nSPS) is 11.2. The van der Waals surface area contributed by atoms with E-state index in [1.807, 2.05) is 31.2 Å². The zero-order valence-corrected chi connectivity index (χ0v) is 10.8. The predicted molar refractivity (Wildman–Crippen MR) is 77.0 cm³/mol. The average Bonchev–Trinajstić information content (AvgIpc) is 2.42. The van der Waals surface area contributed by atoms with Crippen molar-refractivity contribution in [3.05, 3.63) is 58.3 Å². The van der Waals surface area contributed by atoms with E-state index in [4.69, 9.17) is 5.73 Å². The Morgan fingerprint density at radius 3 is 2.55 bits per heavy atom. The molecule has 1 aromatic carbocycles. The van der Waals surface area contributed by atoms with Gasteiger partial charge in [0.15, 0.2) is 11.8 Å². The van der Waals surface area contributed by atoms with Gasteiger partial charge in [-0.2, -0.15) is 4.99 Å². The number of anilines is 1. The van der Waals surface area contributed by atoms with Gasteiger partial charge < -0.3 is 11.1 Å². The molecular weight excluding hydrogens is 258 g/mol. The first kappa shape index (κ1) is 13.5. The minimum absolute atomic E-state index is 0.0889. The molecule has 0 saturated carbocycles. The van der Waals surface area contributed by atoms with Crippen LogP contribution in [0, 0.1) is 17.0 Å². The minimum Gasteiger partial charge on any atom is -0.369 e. The van der Waals surface area contributed by atoms with Crippen LogP contribution in [0.1, 0.15) is 5.56 Å². The lowest BCUT2D eigenvalue weighted by Crippen LogP contribution is -2.21. The van der Waals surface area contributed by atoms with E-state index in [1.54, 1.807) is 0 Å². The average molecular weight is 271 g/mol. The third-order valence-corrected chi connectivity index (χ3v) is 2.50. The van der Waals surface area contributed by atoms with Crippen LogP contribution < -0.4 is 11.1 Å². The van der Waals surface area contributed by atoms with Crippen LogP contribution in [0.15, 0.2) is 47.6 Å². The van der Waals surface area contributed by atoms with Gasteiger partial charge in [-0.1, -0.05) is 17.7 Å². The monoisotopic (exact) mass is 271 g/mol. The fourth-order valence-corrected chi connectivity index (χ4v) is 1.49. The molecule has 1 aromatic heterocycles. The summed E-state index contributed by atoms with van der Waals surface area (Å²) >= 11 is 0. The van der Waals surface area contributed by atoms with Crippen LogP contribution in [0.4, 0.5) is 17.2 Å². The van der Waals surface area contributed by atoms with E-state index in [1.165, 1.54) is 12.1 Å². The van der Waals surface area contributed by atoms with Crippen LogP contribution >= 0.6 is 0 Å². The molecule has 0 bridgehead atoms. The molecule has 2 aromatic rings. The van der Waals surface area contributed by atoms with Gasteiger partial charge in [-0.05, 0) is 25.1 Å². The first-order valence-electron chi connectivity index (χ1n) is 5.83. The highest BCUT2D eigenvalue weighted by Crippen LogP contribution is 2.14. The van der Waals surface area contributed by atoms with Crippen LogP contribution in [0.3, 0.4) is 0 Å². The molecule has 0 atom stereocenters. The number of nitrogens with one attached hydrogen (secondary N) is 1. The molecule has 3 N–H and O–H groups in total. The first-order valence-corrected chi connectivity index (χ1v) is 5.83. The summed E-state index contributed by atoms with van der Waals surface area (Å²) in [5.74, 6) is 0.461. The molecule has 0 saturated heterocycles. The number of benzene rings is 1. The van der Waals surface area contributed by atoms with Crippen LogP contribution in [0.5, 0.6) is 0 Å². The maximum atomic E-state index is 10.5. The van der Waals surface area contributed by atoms with Crippen LogP contribution in [-0.4, -0.2) is 15.9 Å². The van der Waals surface area contributed by atoms with Gasteiger partial charge in [-0.15, -0.1) is 0 Å². The van der Waals surface area contributed by atoms with E-state index in [0.717, 1.165) is 17.4 Å². The Morgan fingerprint density at radius 1 is 1.30 bits per heavy atom. The van der Waals surface area contributed by atoms with Crippen molar-refractivity contribution in [2.75, 3.05) is 5.32 Å². The molecule has 102 valence electrons. The van der Waals surface area contributed by atoms with Crippen LogP contribution in [0.25, 0.3) is 0 Å². The number of pyridine rings is 1. The lowest BCUT2D eigenvalue weighted by Gasteiger charge is -2.05. The second-order valence-corrected chi connectivity index (χ2v) is 4.12. The molecule has 0 spiro atoms. The van der Waals surface area contributed by atoms with E-state index in [9.17, 15) is 10.1 Å². The number of rotatable bonds is 3. The Bertz CT molecular complexity index is 635. The molecule has 0 unspecified atom stereocenters. The highest BCUT2D eigenvalue weighted by atomic mass is 16.6. The van der Waals surface area contributed by atoms with Gasteiger partial charge in [0.25, 0.3) is 5.69 Å². The molecule has 0 aliphatic heterocycles. The van der Waals surface area contributed by atoms with E-state index >= 15 is 0 Å². The summed E-state index contributed by atoms with van der Waals surface area (Å²) < 4.78 is 0. The van der Waals surface area contributed by atoms with Crippen molar-refractivity contribution >= 4 is 23.2 Å². The number of nitrogens with two attached hydrogens (primary N) is 1. The Morgan fingerprint density at radius 2 is 2.00 bits per heavy atom. The molecule has 1 heterocycles. The zero-order chi connectivity index (χ0) is 14.5. The SMILES string of the molecule is Cc1ccc(NC(N)=Nc2ccc([N+](=O)[O-])cn2)cc1. The number of guanidine groups is 1. The topological polar surface area (TPSA) is 106 Å². The first-order chi connectivity index (χ1) is 9.54. The summed E-state index contributed by atoms with van der Waals surface area (Å²) in [6.07, 6.45) is 1.14. The molecule has 0 fully saturated rings. The molecule has 2 rings (SSSR count). The van der Waals surface area contributed by atoms with Gasteiger partial charge >= 0.3 is 0 Å². The minimum atomic E-state index is -0.519. The van der Waals surface area contributed by atoms with Gasteiger partial charge in [-0.25, -0.2) is 4.98 Å². The number of aromatic nitrogens is 1. The number of hydrogen-bond acceptors (Lipinski definition) is 4.